The van der Waals surface area contributed by atoms with Crippen LogP contribution >= 0.6 is 0 Å². The van der Waals surface area contributed by atoms with Crippen LogP contribution in [-0.4, -0.2) is 34.4 Å². The third-order valence-electron chi connectivity index (χ3n) is 3.45. The maximum atomic E-state index is 10.7. The molecule has 0 N–H and O–H groups in total. The molecule has 1 aromatic heterocycles. The Morgan fingerprint density at radius 1 is 1.19 bits per heavy atom. The average Bonchev–Trinajstić information content (AvgIpc) is 2.57. The summed E-state index contributed by atoms with van der Waals surface area (Å²) in [7, 11) is 0. The van der Waals surface area contributed by atoms with Gasteiger partial charge in [0.05, 0.1) is 12.4 Å². The first-order valence-electron chi connectivity index (χ1n) is 6.84. The van der Waals surface area contributed by atoms with Crippen LogP contribution < -0.4 is 9.64 Å². The van der Waals surface area contributed by atoms with Gasteiger partial charge in [0.15, 0.2) is 0 Å². The summed E-state index contributed by atoms with van der Waals surface area (Å²) in [5.74, 6) is 1.19. The third kappa shape index (κ3) is 3.13. The molecule has 0 amide bonds. The van der Waals surface area contributed by atoms with E-state index in [0.29, 0.717) is 17.4 Å². The van der Waals surface area contributed by atoms with E-state index in [1.54, 1.807) is 30.6 Å². The fourth-order valence-electron chi connectivity index (χ4n) is 2.37. The van der Waals surface area contributed by atoms with E-state index in [9.17, 15) is 4.91 Å². The van der Waals surface area contributed by atoms with Crippen LogP contribution in [0.4, 0.5) is 11.6 Å². The number of para-hydroxylation sites is 1. The minimum absolute atomic E-state index is 0.0702. The minimum atomic E-state index is 0.0702. The fraction of sp³-hybridized carbons (Fsp3) is 0.357. The summed E-state index contributed by atoms with van der Waals surface area (Å²) in [6, 6.07) is 7.03. The van der Waals surface area contributed by atoms with Crippen LogP contribution in [0.2, 0.25) is 0 Å². The number of rotatable bonds is 4. The SMILES string of the molecule is O=Nc1ccccc1OC1CCN(c2nccnn2)CC1. The van der Waals surface area contributed by atoms with Crippen LogP contribution in [0.25, 0.3) is 0 Å². The molecule has 1 aromatic carbocycles. The number of nitroso groups, excluding NO2 is 1. The van der Waals surface area contributed by atoms with Crippen molar-refractivity contribution in [1.82, 2.24) is 15.2 Å². The van der Waals surface area contributed by atoms with Gasteiger partial charge in [-0.05, 0) is 17.3 Å². The first-order valence-corrected chi connectivity index (χ1v) is 6.84. The molecule has 1 saturated heterocycles. The molecule has 7 nitrogen and oxygen atoms in total. The summed E-state index contributed by atoms with van der Waals surface area (Å²) in [5, 5.41) is 10.8. The molecule has 0 atom stereocenters. The van der Waals surface area contributed by atoms with Crippen molar-refractivity contribution in [2.24, 2.45) is 5.18 Å². The van der Waals surface area contributed by atoms with E-state index in [1.165, 1.54) is 0 Å². The summed E-state index contributed by atoms with van der Waals surface area (Å²) in [6.45, 7) is 1.60. The van der Waals surface area contributed by atoms with Gasteiger partial charge in [0.25, 0.3) is 0 Å². The second-order valence-corrected chi connectivity index (χ2v) is 4.81. The van der Waals surface area contributed by atoms with Crippen molar-refractivity contribution in [2.45, 2.75) is 18.9 Å². The molecule has 108 valence electrons. The first-order chi connectivity index (χ1) is 10.4. The van der Waals surface area contributed by atoms with Gasteiger partial charge in [-0.15, -0.1) is 10.0 Å². The van der Waals surface area contributed by atoms with Crippen LogP contribution in [0.15, 0.2) is 41.8 Å². The van der Waals surface area contributed by atoms with E-state index in [1.807, 2.05) is 6.07 Å². The monoisotopic (exact) mass is 285 g/mol. The number of benzene rings is 1. The number of piperidine rings is 1. The van der Waals surface area contributed by atoms with Crippen molar-refractivity contribution >= 4 is 11.6 Å². The zero-order chi connectivity index (χ0) is 14.5. The van der Waals surface area contributed by atoms with Gasteiger partial charge in [0, 0.05) is 25.9 Å². The van der Waals surface area contributed by atoms with Crippen LogP contribution in [0.5, 0.6) is 5.75 Å². The Balaban J connectivity index is 1.60. The summed E-state index contributed by atoms with van der Waals surface area (Å²) in [4.78, 5) is 17.0. The lowest BCUT2D eigenvalue weighted by Gasteiger charge is -2.31. The number of hydrogen-bond acceptors (Lipinski definition) is 7. The molecule has 21 heavy (non-hydrogen) atoms. The van der Waals surface area contributed by atoms with Crippen LogP contribution in [0.3, 0.4) is 0 Å². The molecular weight excluding hydrogens is 270 g/mol. The van der Waals surface area contributed by atoms with Crippen molar-refractivity contribution in [3.8, 4) is 5.75 Å². The van der Waals surface area contributed by atoms with Gasteiger partial charge in [-0.2, -0.15) is 5.10 Å². The highest BCUT2D eigenvalue weighted by Crippen LogP contribution is 2.29. The highest BCUT2D eigenvalue weighted by Gasteiger charge is 2.23. The van der Waals surface area contributed by atoms with E-state index in [0.717, 1.165) is 25.9 Å². The van der Waals surface area contributed by atoms with Crippen molar-refractivity contribution in [1.29, 1.82) is 0 Å². The zero-order valence-corrected chi connectivity index (χ0v) is 11.4. The second-order valence-electron chi connectivity index (χ2n) is 4.81. The van der Waals surface area contributed by atoms with Crippen molar-refractivity contribution in [2.75, 3.05) is 18.0 Å². The molecule has 3 rings (SSSR count). The molecular formula is C14H15N5O2. The summed E-state index contributed by atoms with van der Waals surface area (Å²) in [5.41, 5.74) is 0.343. The molecule has 2 aromatic rings. The van der Waals surface area contributed by atoms with Crippen molar-refractivity contribution in [3.05, 3.63) is 41.6 Å². The van der Waals surface area contributed by atoms with Crippen molar-refractivity contribution < 1.29 is 4.74 Å². The predicted octanol–water partition coefficient (Wildman–Crippen LogP) is 2.32. The summed E-state index contributed by atoms with van der Waals surface area (Å²) in [6.07, 6.45) is 4.94. The minimum Gasteiger partial charge on any atom is -0.488 e. The highest BCUT2D eigenvalue weighted by atomic mass is 16.5. The van der Waals surface area contributed by atoms with Gasteiger partial charge in [0.1, 0.15) is 17.5 Å². The van der Waals surface area contributed by atoms with Gasteiger partial charge in [0.2, 0.25) is 5.95 Å². The maximum Gasteiger partial charge on any atom is 0.245 e. The second kappa shape index (κ2) is 6.25. The largest absolute Gasteiger partial charge is 0.488 e. The lowest BCUT2D eigenvalue weighted by Crippen LogP contribution is -2.39. The van der Waals surface area contributed by atoms with E-state index >= 15 is 0 Å². The smallest absolute Gasteiger partial charge is 0.245 e. The van der Waals surface area contributed by atoms with Gasteiger partial charge < -0.3 is 9.64 Å². The topological polar surface area (TPSA) is 80.6 Å². The molecule has 1 aliphatic rings. The molecule has 1 fully saturated rings. The van der Waals surface area contributed by atoms with E-state index in [2.05, 4.69) is 25.3 Å². The number of nitrogens with zero attached hydrogens (tertiary/aromatic N) is 5. The van der Waals surface area contributed by atoms with Crippen LogP contribution in [0.1, 0.15) is 12.8 Å². The molecule has 7 heteroatoms. The van der Waals surface area contributed by atoms with Gasteiger partial charge in [-0.3, -0.25) is 0 Å². The molecule has 0 radical (unpaired) electrons. The number of hydrogen-bond donors (Lipinski definition) is 0. The number of ether oxygens (including phenoxy) is 1. The Labute approximate surface area is 122 Å². The Bertz CT molecular complexity index is 599. The summed E-state index contributed by atoms with van der Waals surface area (Å²) >= 11 is 0. The quantitative estimate of drug-likeness (QED) is 0.802. The van der Waals surface area contributed by atoms with E-state index in [-0.39, 0.29) is 6.10 Å². The van der Waals surface area contributed by atoms with Gasteiger partial charge in [-0.25, -0.2) is 4.98 Å². The van der Waals surface area contributed by atoms with Crippen LogP contribution in [-0.2, 0) is 0 Å². The van der Waals surface area contributed by atoms with E-state index < -0.39 is 0 Å². The molecule has 0 aliphatic carbocycles. The lowest BCUT2D eigenvalue weighted by atomic mass is 10.1. The Morgan fingerprint density at radius 2 is 2.00 bits per heavy atom. The summed E-state index contributed by atoms with van der Waals surface area (Å²) < 4.78 is 5.88. The molecule has 1 aliphatic heterocycles. The number of aromatic nitrogens is 3. The Hall–Kier alpha value is -2.57. The first kappa shape index (κ1) is 13.4. The van der Waals surface area contributed by atoms with Crippen LogP contribution in [0, 0.1) is 4.91 Å². The van der Waals surface area contributed by atoms with Gasteiger partial charge in [-0.1, -0.05) is 12.1 Å². The molecule has 0 saturated carbocycles. The standard InChI is InChI=1S/C14H15N5O2/c20-18-12-3-1-2-4-13(12)21-11-5-9-19(10-6-11)14-15-7-8-16-17-14/h1-4,7-8,11H,5-6,9-10H2. The lowest BCUT2D eigenvalue weighted by molar-refractivity contribution is 0.171. The predicted molar refractivity (Wildman–Crippen MR) is 77.6 cm³/mol. The average molecular weight is 285 g/mol. The van der Waals surface area contributed by atoms with Crippen molar-refractivity contribution in [3.63, 3.8) is 0 Å². The Kier molecular flexibility index (Phi) is 3.99. The fourth-order valence-corrected chi connectivity index (χ4v) is 2.37. The third-order valence-corrected chi connectivity index (χ3v) is 3.45. The molecule has 2 heterocycles. The van der Waals surface area contributed by atoms with E-state index in [4.69, 9.17) is 4.74 Å². The maximum absolute atomic E-state index is 10.7. The zero-order valence-electron chi connectivity index (χ0n) is 11.4. The number of anilines is 1. The van der Waals surface area contributed by atoms with Gasteiger partial charge >= 0.3 is 0 Å². The highest BCUT2D eigenvalue weighted by molar-refractivity contribution is 5.51. The molecule has 0 bridgehead atoms. The Morgan fingerprint density at radius 3 is 2.71 bits per heavy atom. The normalized spacial score (nSPS) is 15.7. The molecule has 0 spiro atoms. The molecule has 0 unspecified atom stereocenters.